The van der Waals surface area contributed by atoms with E-state index in [-0.39, 0.29) is 0 Å². The van der Waals surface area contributed by atoms with Crippen LogP contribution in [0.15, 0.2) is 0 Å². The molecule has 0 radical (unpaired) electrons. The summed E-state index contributed by atoms with van der Waals surface area (Å²) in [7, 11) is 0. The van der Waals surface area contributed by atoms with Gasteiger partial charge in [0.1, 0.15) is 0 Å². The Bertz CT molecular complexity index is 722. The average molecular weight is 747 g/mol. The van der Waals surface area contributed by atoms with Crippen LogP contribution in [0.2, 0.25) is 0 Å². The molecule has 48 heavy (non-hydrogen) atoms. The Hall–Kier alpha value is -1.32. The first-order valence-electron chi connectivity index (χ1n) is 18.9. The van der Waals surface area contributed by atoms with Gasteiger partial charge in [0, 0.05) is 78.5 Å². The molecule has 0 unspecified atom stereocenters. The summed E-state index contributed by atoms with van der Waals surface area (Å²) in [5.41, 5.74) is 0. The van der Waals surface area contributed by atoms with Crippen LogP contribution in [0.3, 0.4) is 0 Å². The van der Waals surface area contributed by atoms with Crippen molar-refractivity contribution in [1.82, 2.24) is 53.2 Å². The van der Waals surface area contributed by atoms with E-state index in [0.717, 1.165) is 91.4 Å². The first-order chi connectivity index (χ1) is 23.4. The van der Waals surface area contributed by atoms with Crippen molar-refractivity contribution in [2.24, 2.45) is 11.8 Å². The van der Waals surface area contributed by atoms with Crippen molar-refractivity contribution < 1.29 is 0 Å². The Morgan fingerprint density at radius 2 is 0.646 bits per heavy atom. The number of rotatable bonds is 14. The minimum atomic E-state index is 0.441. The molecule has 0 saturated carbocycles. The lowest BCUT2D eigenvalue weighted by Crippen LogP contribution is -2.46. The van der Waals surface area contributed by atoms with Crippen LogP contribution in [-0.4, -0.2) is 99.0 Å². The fourth-order valence-corrected chi connectivity index (χ4v) is 6.23. The molecule has 0 bridgehead atoms. The number of hydrogen-bond acceptors (Lipinski definition) is 6. The molecule has 14 heteroatoms. The maximum atomic E-state index is 5.58. The smallest absolute Gasteiger partial charge is 0.166 e. The first-order valence-corrected chi connectivity index (χ1v) is 20.6. The van der Waals surface area contributed by atoms with Gasteiger partial charge in [0.2, 0.25) is 0 Å². The highest BCUT2D eigenvalue weighted by Gasteiger charge is 2.12. The zero-order valence-electron chi connectivity index (χ0n) is 30.2. The number of nitrogens with one attached hydrogen (secondary N) is 10. The average Bonchev–Trinajstić information content (AvgIpc) is 3.08. The molecule has 1 aliphatic rings. The van der Waals surface area contributed by atoms with Crippen LogP contribution in [0.1, 0.15) is 104 Å². The van der Waals surface area contributed by atoms with E-state index < -0.39 is 0 Å². The Labute approximate surface area is 315 Å². The fraction of sp³-hybridized carbons (Fsp3) is 0.882. The topological polar surface area (TPSA) is 120 Å². The van der Waals surface area contributed by atoms with Crippen LogP contribution >= 0.6 is 48.9 Å². The molecule has 1 fully saturated rings. The summed E-state index contributed by atoms with van der Waals surface area (Å²) < 4.78 is 0. The molecule has 0 atom stereocenters. The molecular formula is C34H70N10S4. The second-order valence-electron chi connectivity index (χ2n) is 12.9. The lowest BCUT2D eigenvalue weighted by molar-refractivity contribution is 0.438. The first kappa shape index (κ1) is 44.7. The minimum Gasteiger partial charge on any atom is -0.362 e. The maximum Gasteiger partial charge on any atom is 0.166 e. The van der Waals surface area contributed by atoms with Gasteiger partial charge in [-0.25, -0.2) is 0 Å². The van der Waals surface area contributed by atoms with Gasteiger partial charge in [0.15, 0.2) is 20.4 Å². The SMILES string of the molecule is CCCCCCCCC1CNC(=S)NCCNCCNC(=S)NCC(CCCCCCCC)CNC(=S)NCCNCCNC(=S)NC1. The molecule has 0 spiro atoms. The Kier molecular flexibility index (Phi) is 30.6. The molecule has 0 amide bonds. The Morgan fingerprint density at radius 1 is 0.375 bits per heavy atom. The molecule has 1 heterocycles. The van der Waals surface area contributed by atoms with Gasteiger partial charge >= 0.3 is 0 Å². The zero-order chi connectivity index (χ0) is 34.9. The normalized spacial score (nSPS) is 21.0. The monoisotopic (exact) mass is 746 g/mol. The molecule has 1 aliphatic heterocycles. The summed E-state index contributed by atoms with van der Waals surface area (Å²) in [5.74, 6) is 0.883. The van der Waals surface area contributed by atoms with Crippen LogP contribution in [0.25, 0.3) is 0 Å². The zero-order valence-corrected chi connectivity index (χ0v) is 33.4. The summed E-state index contributed by atoms with van der Waals surface area (Å²) in [6.45, 7) is 14.2. The largest absolute Gasteiger partial charge is 0.362 e. The van der Waals surface area contributed by atoms with E-state index in [1.807, 2.05) is 0 Å². The highest BCUT2D eigenvalue weighted by atomic mass is 32.1. The third-order valence-corrected chi connectivity index (χ3v) is 9.64. The molecule has 1 rings (SSSR count). The third-order valence-electron chi connectivity index (χ3n) is 8.49. The van der Waals surface area contributed by atoms with E-state index in [1.165, 1.54) is 77.0 Å². The molecule has 1 saturated heterocycles. The van der Waals surface area contributed by atoms with Crippen LogP contribution in [0.5, 0.6) is 0 Å². The van der Waals surface area contributed by atoms with Gasteiger partial charge in [0.05, 0.1) is 0 Å². The van der Waals surface area contributed by atoms with Crippen LogP contribution in [0.4, 0.5) is 0 Å². The van der Waals surface area contributed by atoms with Crippen LogP contribution in [0, 0.1) is 11.8 Å². The van der Waals surface area contributed by atoms with Crippen molar-refractivity contribution in [3.05, 3.63) is 0 Å². The Morgan fingerprint density at radius 3 is 0.938 bits per heavy atom. The molecule has 280 valence electrons. The highest BCUT2D eigenvalue weighted by molar-refractivity contribution is 7.80. The van der Waals surface area contributed by atoms with Crippen molar-refractivity contribution in [3.8, 4) is 0 Å². The van der Waals surface area contributed by atoms with Gasteiger partial charge in [-0.05, 0) is 73.5 Å². The maximum absolute atomic E-state index is 5.58. The van der Waals surface area contributed by atoms with Gasteiger partial charge in [-0.15, -0.1) is 0 Å². The second kappa shape index (κ2) is 32.9. The molecule has 10 N–H and O–H groups in total. The van der Waals surface area contributed by atoms with Crippen molar-refractivity contribution in [2.75, 3.05) is 78.5 Å². The summed E-state index contributed by atoms with van der Waals surface area (Å²) >= 11 is 22.3. The predicted molar refractivity (Wildman–Crippen MR) is 223 cm³/mol. The van der Waals surface area contributed by atoms with Gasteiger partial charge in [-0.3, -0.25) is 0 Å². The van der Waals surface area contributed by atoms with Crippen molar-refractivity contribution >= 4 is 69.3 Å². The molecule has 0 aromatic rings. The van der Waals surface area contributed by atoms with Crippen molar-refractivity contribution in [3.63, 3.8) is 0 Å². The standard InChI is InChI=1S/C34H70N10S4/c1-3-5-7-9-11-13-15-29-25-41-31(45)37-21-17-35-19-23-39-33(47)43-27-30(16-14-12-10-8-6-4-2)28-44-34(48)40-24-20-36-18-22-38-32(46)42-26-29/h29-30,35-36H,3-28H2,1-2H3,(H2,37,41,45)(H2,38,42,46)(H2,39,43,47)(H2,40,44,48). The summed E-state index contributed by atoms with van der Waals surface area (Å²) in [6.07, 6.45) is 17.8. The number of unbranched alkanes of at least 4 members (excludes halogenated alkanes) is 10. The molecule has 0 aromatic carbocycles. The van der Waals surface area contributed by atoms with E-state index in [0.29, 0.717) is 32.3 Å². The molecular weight excluding hydrogens is 677 g/mol. The van der Waals surface area contributed by atoms with Crippen molar-refractivity contribution in [1.29, 1.82) is 0 Å². The molecule has 0 aliphatic carbocycles. The summed E-state index contributed by atoms with van der Waals surface area (Å²) in [4.78, 5) is 0. The number of thiocarbonyl (C=S) groups is 4. The summed E-state index contributed by atoms with van der Waals surface area (Å²) in [6, 6.07) is 0. The van der Waals surface area contributed by atoms with E-state index >= 15 is 0 Å². The van der Waals surface area contributed by atoms with E-state index in [2.05, 4.69) is 67.0 Å². The van der Waals surface area contributed by atoms with E-state index in [1.54, 1.807) is 0 Å². The third kappa shape index (κ3) is 28.5. The van der Waals surface area contributed by atoms with Gasteiger partial charge in [-0.2, -0.15) is 0 Å². The summed E-state index contributed by atoms with van der Waals surface area (Å²) in [5, 5.41) is 36.8. The van der Waals surface area contributed by atoms with E-state index in [4.69, 9.17) is 48.9 Å². The van der Waals surface area contributed by atoms with Crippen LogP contribution < -0.4 is 53.2 Å². The lowest BCUT2D eigenvalue weighted by Gasteiger charge is -2.21. The predicted octanol–water partition coefficient (Wildman–Crippen LogP) is 3.77. The van der Waals surface area contributed by atoms with Crippen molar-refractivity contribution in [2.45, 2.75) is 104 Å². The minimum absolute atomic E-state index is 0.441. The number of hydrogen-bond donors (Lipinski definition) is 10. The Balaban J connectivity index is 2.58. The lowest BCUT2D eigenvalue weighted by atomic mass is 10.00. The molecule has 10 nitrogen and oxygen atoms in total. The fourth-order valence-electron chi connectivity index (χ4n) is 5.49. The molecule has 0 aromatic heterocycles. The van der Waals surface area contributed by atoms with Gasteiger partial charge < -0.3 is 53.2 Å². The highest BCUT2D eigenvalue weighted by Crippen LogP contribution is 2.13. The van der Waals surface area contributed by atoms with Gasteiger partial charge in [0.25, 0.3) is 0 Å². The van der Waals surface area contributed by atoms with Gasteiger partial charge in [-0.1, -0.05) is 90.9 Å². The van der Waals surface area contributed by atoms with E-state index in [9.17, 15) is 0 Å². The second-order valence-corrected chi connectivity index (χ2v) is 14.5. The quantitative estimate of drug-likeness (QED) is 0.0939. The van der Waals surface area contributed by atoms with Crippen LogP contribution in [-0.2, 0) is 0 Å².